The van der Waals surface area contributed by atoms with Crippen LogP contribution in [0, 0.1) is 12.3 Å². The molecule has 146 valence electrons. The summed E-state index contributed by atoms with van der Waals surface area (Å²) in [6.45, 7) is 14.9. The molecule has 0 aliphatic heterocycles. The zero-order valence-corrected chi connectivity index (χ0v) is 18.4. The van der Waals surface area contributed by atoms with Crippen molar-refractivity contribution in [3.05, 3.63) is 52.2 Å². The lowest BCUT2D eigenvalue weighted by atomic mass is 9.84. The molecule has 0 aliphatic carbocycles. The summed E-state index contributed by atoms with van der Waals surface area (Å²) >= 11 is 6.19. The Bertz CT molecular complexity index is 844. The minimum absolute atomic E-state index is 0.0671. The van der Waals surface area contributed by atoms with E-state index >= 15 is 0 Å². The fraction of sp³-hybridized carbons (Fsp3) is 0.458. The molecule has 0 fully saturated rings. The number of halogens is 1. The molecule has 1 heterocycles. The minimum Gasteiger partial charge on any atom is -0.505 e. The first-order chi connectivity index (χ1) is 12.4. The van der Waals surface area contributed by atoms with Crippen molar-refractivity contribution in [3.63, 3.8) is 0 Å². The second-order valence-corrected chi connectivity index (χ2v) is 9.48. The van der Waals surface area contributed by atoms with Gasteiger partial charge in [-0.3, -0.25) is 0 Å². The van der Waals surface area contributed by atoms with Gasteiger partial charge in [0.1, 0.15) is 11.4 Å². The summed E-state index contributed by atoms with van der Waals surface area (Å²) in [7, 11) is 0. The summed E-state index contributed by atoms with van der Waals surface area (Å²) in [5, 5.41) is 11.6. The minimum atomic E-state index is -0.190. The molecule has 0 spiro atoms. The van der Waals surface area contributed by atoms with Gasteiger partial charge in [-0.15, -0.1) is 0 Å². The third-order valence-corrected chi connectivity index (χ3v) is 5.29. The number of rotatable bonds is 5. The number of benzene rings is 1. The molecule has 2 aromatic rings. The predicted octanol–water partition coefficient (Wildman–Crippen LogP) is 7.55. The Balaban J connectivity index is 2.62. The van der Waals surface area contributed by atoms with Gasteiger partial charge in [0, 0.05) is 16.1 Å². The molecular weight excluding hydrogens is 354 g/mol. The van der Waals surface area contributed by atoms with Crippen LogP contribution in [0.3, 0.4) is 0 Å². The van der Waals surface area contributed by atoms with Gasteiger partial charge in [-0.1, -0.05) is 71.7 Å². The second-order valence-electron chi connectivity index (χ2n) is 9.07. The molecule has 0 radical (unpaired) electrons. The molecule has 27 heavy (non-hydrogen) atoms. The zero-order chi connectivity index (χ0) is 20.4. The predicted molar refractivity (Wildman–Crippen MR) is 118 cm³/mol. The number of aromatic hydroxyl groups is 1. The Kier molecular flexibility index (Phi) is 6.42. The zero-order valence-electron chi connectivity index (χ0n) is 17.7. The van der Waals surface area contributed by atoms with Crippen molar-refractivity contribution in [1.29, 1.82) is 0 Å². The lowest BCUT2D eigenvalue weighted by molar-refractivity contribution is 0.432. The van der Waals surface area contributed by atoms with Crippen molar-refractivity contribution >= 4 is 17.7 Å². The molecular formula is C24H32ClNO. The van der Waals surface area contributed by atoms with Gasteiger partial charge in [-0.2, -0.15) is 0 Å². The largest absolute Gasteiger partial charge is 0.505 e. The maximum absolute atomic E-state index is 10.9. The van der Waals surface area contributed by atoms with E-state index in [-0.39, 0.29) is 16.6 Å². The molecule has 2 rings (SSSR count). The van der Waals surface area contributed by atoms with E-state index in [2.05, 4.69) is 47.6 Å². The maximum atomic E-state index is 10.9. The Morgan fingerprint density at radius 2 is 1.78 bits per heavy atom. The molecule has 1 N–H and O–H groups in total. The standard InChI is InChI=1S/C24H32ClNO/c1-8-12-24(6,7)13-11-20-22(27)18(23(3,4)5)15-21(26-20)17-9-10-19(25)16(2)14-17/h9-11,13-15,27H,8,12H2,1-7H3/b13-11+. The fourth-order valence-electron chi connectivity index (χ4n) is 3.23. The van der Waals surface area contributed by atoms with E-state index in [1.54, 1.807) is 0 Å². The van der Waals surface area contributed by atoms with E-state index in [0.717, 1.165) is 40.2 Å². The van der Waals surface area contributed by atoms with E-state index in [4.69, 9.17) is 16.6 Å². The van der Waals surface area contributed by atoms with Crippen LogP contribution in [0.25, 0.3) is 17.3 Å². The fourth-order valence-corrected chi connectivity index (χ4v) is 3.35. The Labute approximate surface area is 169 Å². The summed E-state index contributed by atoms with van der Waals surface area (Å²) in [5.74, 6) is 0.264. The van der Waals surface area contributed by atoms with Gasteiger partial charge in [0.2, 0.25) is 0 Å². The monoisotopic (exact) mass is 385 g/mol. The van der Waals surface area contributed by atoms with E-state index in [1.807, 2.05) is 37.3 Å². The number of aryl methyl sites for hydroxylation is 1. The first-order valence-corrected chi connectivity index (χ1v) is 10.0. The molecule has 2 nitrogen and oxygen atoms in total. The maximum Gasteiger partial charge on any atom is 0.144 e. The summed E-state index contributed by atoms with van der Waals surface area (Å²) in [5.41, 5.74) is 4.27. The molecule has 0 unspecified atom stereocenters. The normalized spacial score (nSPS) is 12.7. The van der Waals surface area contributed by atoms with E-state index in [9.17, 15) is 5.11 Å². The molecule has 0 saturated heterocycles. The average molecular weight is 386 g/mol. The smallest absolute Gasteiger partial charge is 0.144 e. The van der Waals surface area contributed by atoms with Gasteiger partial charge in [0.15, 0.2) is 0 Å². The highest BCUT2D eigenvalue weighted by molar-refractivity contribution is 6.31. The molecule has 0 saturated carbocycles. The van der Waals surface area contributed by atoms with E-state index < -0.39 is 0 Å². The molecule has 0 aliphatic rings. The number of aromatic nitrogens is 1. The van der Waals surface area contributed by atoms with Crippen LogP contribution in [0.15, 0.2) is 30.3 Å². The van der Waals surface area contributed by atoms with Crippen LogP contribution in [-0.4, -0.2) is 10.1 Å². The van der Waals surface area contributed by atoms with Crippen LogP contribution >= 0.6 is 11.6 Å². The molecule has 0 atom stereocenters. The van der Waals surface area contributed by atoms with Gasteiger partial charge in [-0.25, -0.2) is 4.98 Å². The summed E-state index contributed by atoms with van der Waals surface area (Å²) in [4.78, 5) is 4.77. The van der Waals surface area contributed by atoms with Crippen molar-refractivity contribution in [1.82, 2.24) is 4.98 Å². The number of hydrogen-bond donors (Lipinski definition) is 1. The molecule has 1 aromatic carbocycles. The highest BCUT2D eigenvalue weighted by Crippen LogP contribution is 2.37. The average Bonchev–Trinajstić information content (AvgIpc) is 2.55. The topological polar surface area (TPSA) is 33.1 Å². The first-order valence-electron chi connectivity index (χ1n) is 9.65. The number of allylic oxidation sites excluding steroid dienone is 1. The van der Waals surface area contributed by atoms with Crippen LogP contribution in [0.1, 0.15) is 71.2 Å². The van der Waals surface area contributed by atoms with Gasteiger partial charge in [0.25, 0.3) is 0 Å². The summed E-state index contributed by atoms with van der Waals surface area (Å²) < 4.78 is 0. The number of nitrogens with zero attached hydrogens (tertiary/aromatic N) is 1. The van der Waals surface area contributed by atoms with Crippen molar-refractivity contribution in [2.45, 2.75) is 66.7 Å². The van der Waals surface area contributed by atoms with Crippen molar-refractivity contribution in [2.24, 2.45) is 5.41 Å². The van der Waals surface area contributed by atoms with Crippen LogP contribution < -0.4 is 0 Å². The van der Waals surface area contributed by atoms with Gasteiger partial charge in [0.05, 0.1) is 5.69 Å². The molecule has 0 amide bonds. The van der Waals surface area contributed by atoms with Crippen LogP contribution in [0.5, 0.6) is 5.75 Å². The van der Waals surface area contributed by atoms with Crippen molar-refractivity contribution < 1.29 is 5.11 Å². The molecule has 1 aromatic heterocycles. The Morgan fingerprint density at radius 3 is 2.33 bits per heavy atom. The molecule has 0 bridgehead atoms. The number of pyridine rings is 1. The Morgan fingerprint density at radius 1 is 1.11 bits per heavy atom. The Hall–Kier alpha value is -1.80. The summed E-state index contributed by atoms with van der Waals surface area (Å²) in [6, 6.07) is 7.92. The highest BCUT2D eigenvalue weighted by Gasteiger charge is 2.23. The van der Waals surface area contributed by atoms with E-state index in [1.165, 1.54) is 0 Å². The lowest BCUT2D eigenvalue weighted by Gasteiger charge is -2.23. The second kappa shape index (κ2) is 8.06. The van der Waals surface area contributed by atoms with Gasteiger partial charge in [-0.05, 0) is 54.0 Å². The highest BCUT2D eigenvalue weighted by atomic mass is 35.5. The van der Waals surface area contributed by atoms with Crippen molar-refractivity contribution in [3.8, 4) is 17.0 Å². The van der Waals surface area contributed by atoms with Crippen LogP contribution in [0.4, 0.5) is 0 Å². The van der Waals surface area contributed by atoms with Crippen molar-refractivity contribution in [2.75, 3.05) is 0 Å². The third kappa shape index (κ3) is 5.35. The lowest BCUT2D eigenvalue weighted by Crippen LogP contribution is -2.13. The van der Waals surface area contributed by atoms with Gasteiger partial charge >= 0.3 is 0 Å². The SMILES string of the molecule is CCCC(C)(C)/C=C/c1nc(-c2ccc(Cl)c(C)c2)cc(C(C)(C)C)c1O. The third-order valence-electron chi connectivity index (χ3n) is 4.87. The van der Waals surface area contributed by atoms with Gasteiger partial charge < -0.3 is 5.11 Å². The first kappa shape index (κ1) is 21.5. The number of hydrogen-bond acceptors (Lipinski definition) is 2. The quantitative estimate of drug-likeness (QED) is 0.576. The van der Waals surface area contributed by atoms with E-state index in [0.29, 0.717) is 5.69 Å². The van der Waals surface area contributed by atoms with Crippen LogP contribution in [-0.2, 0) is 5.41 Å². The summed E-state index contributed by atoms with van der Waals surface area (Å²) in [6.07, 6.45) is 6.33. The van der Waals surface area contributed by atoms with Crippen LogP contribution in [0.2, 0.25) is 5.02 Å². The molecule has 3 heteroatoms.